The normalized spacial score (nSPS) is 12.1. The van der Waals surface area contributed by atoms with Crippen molar-refractivity contribution in [2.45, 2.75) is 24.5 Å². The Morgan fingerprint density at radius 1 is 1.03 bits per heavy atom. The number of fused-ring (bicyclic) bond motifs is 1. The molecule has 4 rings (SSSR count). The monoisotopic (exact) mass is 489 g/mol. The molecule has 0 atom stereocenters. The fourth-order valence-corrected chi connectivity index (χ4v) is 4.66. The summed E-state index contributed by atoms with van der Waals surface area (Å²) >= 11 is 0. The van der Waals surface area contributed by atoms with E-state index in [9.17, 15) is 31.5 Å². The van der Waals surface area contributed by atoms with Crippen LogP contribution in [0.3, 0.4) is 0 Å². The fraction of sp³-hybridized carbons (Fsp3) is 0.130. The molecule has 0 aliphatic heterocycles. The number of aromatic nitrogens is 2. The fourth-order valence-electron chi connectivity index (χ4n) is 3.57. The van der Waals surface area contributed by atoms with Crippen LogP contribution in [0, 0.1) is 0 Å². The van der Waals surface area contributed by atoms with Gasteiger partial charge in [-0.05, 0) is 60.5 Å². The number of halogens is 3. The zero-order valence-electron chi connectivity index (χ0n) is 17.7. The molecular formula is C23H18F3N3O4S. The summed E-state index contributed by atoms with van der Waals surface area (Å²) in [5.74, 6) is -1.14. The zero-order chi connectivity index (χ0) is 24.7. The van der Waals surface area contributed by atoms with Gasteiger partial charge < -0.3 is 5.11 Å². The smallest absolute Gasteiger partial charge is 0.416 e. The number of carbonyl (C=O) groups is 1. The van der Waals surface area contributed by atoms with Crippen molar-refractivity contribution in [1.82, 2.24) is 9.78 Å². The molecule has 0 spiro atoms. The van der Waals surface area contributed by atoms with Crippen molar-refractivity contribution in [2.24, 2.45) is 0 Å². The Labute approximate surface area is 192 Å². The molecular weight excluding hydrogens is 471 g/mol. The molecule has 0 bridgehead atoms. The van der Waals surface area contributed by atoms with Crippen molar-refractivity contribution in [3.63, 3.8) is 0 Å². The van der Waals surface area contributed by atoms with Crippen LogP contribution in [0.4, 0.5) is 18.9 Å². The van der Waals surface area contributed by atoms with Crippen molar-refractivity contribution >= 4 is 32.6 Å². The molecule has 4 aromatic rings. The highest BCUT2D eigenvalue weighted by Crippen LogP contribution is 2.32. The van der Waals surface area contributed by atoms with Crippen molar-refractivity contribution < 1.29 is 31.5 Å². The maximum absolute atomic E-state index is 13.0. The molecule has 7 nitrogen and oxygen atoms in total. The van der Waals surface area contributed by atoms with E-state index in [1.807, 2.05) is 6.92 Å². The summed E-state index contributed by atoms with van der Waals surface area (Å²) in [6.45, 7) is 2.28. The van der Waals surface area contributed by atoms with Gasteiger partial charge in [0.2, 0.25) is 0 Å². The summed E-state index contributed by atoms with van der Waals surface area (Å²) in [6.07, 6.45) is -4.67. The Kier molecular flexibility index (Phi) is 5.82. The van der Waals surface area contributed by atoms with E-state index in [-0.39, 0.29) is 11.4 Å². The molecule has 1 heterocycles. The molecule has 34 heavy (non-hydrogen) atoms. The molecule has 176 valence electrons. The summed E-state index contributed by atoms with van der Waals surface area (Å²) in [5.41, 5.74) is 0.931. The third kappa shape index (κ3) is 4.46. The lowest BCUT2D eigenvalue weighted by Crippen LogP contribution is -2.14. The minimum atomic E-state index is -4.67. The van der Waals surface area contributed by atoms with Crippen molar-refractivity contribution in [3.05, 3.63) is 78.0 Å². The van der Waals surface area contributed by atoms with Crippen molar-refractivity contribution in [2.75, 3.05) is 4.72 Å². The Bertz CT molecular complexity index is 1510. The van der Waals surface area contributed by atoms with Crippen LogP contribution >= 0.6 is 0 Å². The third-order valence-corrected chi connectivity index (χ3v) is 6.55. The van der Waals surface area contributed by atoms with Crippen LogP contribution in [0.15, 0.2) is 71.6 Å². The second-order valence-corrected chi connectivity index (χ2v) is 9.10. The molecule has 0 saturated carbocycles. The molecule has 0 aliphatic carbocycles. The number of hydrogen-bond donors (Lipinski definition) is 2. The van der Waals surface area contributed by atoms with E-state index < -0.39 is 32.6 Å². The van der Waals surface area contributed by atoms with Crippen LogP contribution in [-0.2, 0) is 22.7 Å². The average molecular weight is 489 g/mol. The number of nitrogens with zero attached hydrogens (tertiary/aromatic N) is 2. The number of hydrogen-bond acceptors (Lipinski definition) is 4. The number of aryl methyl sites for hydroxylation is 1. The van der Waals surface area contributed by atoms with Gasteiger partial charge in [0.1, 0.15) is 0 Å². The first kappa shape index (κ1) is 23.3. The Morgan fingerprint density at radius 2 is 1.74 bits per heavy atom. The lowest BCUT2D eigenvalue weighted by molar-refractivity contribution is -0.137. The molecule has 1 aromatic heterocycles. The van der Waals surface area contributed by atoms with Gasteiger partial charge in [0.15, 0.2) is 5.69 Å². The predicted molar refractivity (Wildman–Crippen MR) is 120 cm³/mol. The topological polar surface area (TPSA) is 101 Å². The summed E-state index contributed by atoms with van der Waals surface area (Å²) in [4.78, 5) is 11.0. The van der Waals surface area contributed by atoms with E-state index in [1.165, 1.54) is 12.1 Å². The minimum absolute atomic E-state index is 0.0639. The Balaban J connectivity index is 1.69. The van der Waals surface area contributed by atoms with Gasteiger partial charge in [-0.2, -0.15) is 18.3 Å². The van der Waals surface area contributed by atoms with Gasteiger partial charge in [-0.3, -0.25) is 9.40 Å². The number of sulfonamides is 1. The first-order chi connectivity index (χ1) is 16.0. The highest BCUT2D eigenvalue weighted by Gasteiger charge is 2.31. The van der Waals surface area contributed by atoms with Crippen LogP contribution in [-0.4, -0.2) is 29.3 Å². The second kappa shape index (κ2) is 8.49. The highest BCUT2D eigenvalue weighted by atomic mass is 32.2. The van der Waals surface area contributed by atoms with Crippen LogP contribution < -0.4 is 4.72 Å². The van der Waals surface area contributed by atoms with E-state index in [1.54, 1.807) is 35.0 Å². The molecule has 2 N–H and O–H groups in total. The summed E-state index contributed by atoms with van der Waals surface area (Å²) in [6, 6.07) is 14.9. The molecule has 0 aliphatic rings. The van der Waals surface area contributed by atoms with E-state index in [0.29, 0.717) is 34.6 Å². The number of nitrogens with one attached hydrogen (secondary N) is 1. The van der Waals surface area contributed by atoms with Crippen LogP contribution in [0.5, 0.6) is 0 Å². The van der Waals surface area contributed by atoms with Crippen LogP contribution in [0.2, 0.25) is 0 Å². The van der Waals surface area contributed by atoms with Gasteiger partial charge in [0.25, 0.3) is 10.0 Å². The Hall–Kier alpha value is -3.86. The minimum Gasteiger partial charge on any atom is -0.476 e. The number of carboxylic acid groups (broad SMARTS) is 1. The average Bonchev–Trinajstić information content (AvgIpc) is 3.17. The van der Waals surface area contributed by atoms with Gasteiger partial charge in [-0.25, -0.2) is 13.2 Å². The van der Waals surface area contributed by atoms with Crippen molar-refractivity contribution in [1.29, 1.82) is 0 Å². The molecule has 0 amide bonds. The lowest BCUT2D eigenvalue weighted by atomic mass is 10.0. The van der Waals surface area contributed by atoms with Gasteiger partial charge in [0.05, 0.1) is 16.0 Å². The largest absolute Gasteiger partial charge is 0.476 e. The molecule has 11 heteroatoms. The number of alkyl halides is 3. The number of rotatable bonds is 6. The third-order valence-electron chi connectivity index (χ3n) is 5.17. The molecule has 0 saturated heterocycles. The first-order valence-corrected chi connectivity index (χ1v) is 11.5. The van der Waals surface area contributed by atoms with E-state index in [4.69, 9.17) is 0 Å². The molecule has 0 radical (unpaired) electrons. The van der Waals surface area contributed by atoms with Gasteiger partial charge >= 0.3 is 12.1 Å². The van der Waals surface area contributed by atoms with Crippen LogP contribution in [0.1, 0.15) is 23.0 Å². The molecule has 0 unspecified atom stereocenters. The quantitative estimate of drug-likeness (QED) is 0.386. The number of carboxylic acids is 1. The van der Waals surface area contributed by atoms with E-state index in [2.05, 4.69) is 9.82 Å². The standard InChI is InChI=1S/C23H18F3N3O4S/c1-2-29-20-12-15(9-10-19(20)21(27-29)22(30)31)14-5-3-7-17(11-14)28-34(32,33)18-8-4-6-16(13-18)23(24,25)26/h3-13,28H,2H2,1H3,(H,30,31). The zero-order valence-corrected chi connectivity index (χ0v) is 18.5. The number of aromatic carboxylic acids is 1. The maximum Gasteiger partial charge on any atom is 0.416 e. The maximum atomic E-state index is 13.0. The van der Waals surface area contributed by atoms with E-state index >= 15 is 0 Å². The summed E-state index contributed by atoms with van der Waals surface area (Å²) in [7, 11) is -4.28. The summed E-state index contributed by atoms with van der Waals surface area (Å²) < 4.78 is 68.2. The number of benzene rings is 3. The molecule has 0 fully saturated rings. The van der Waals surface area contributed by atoms with E-state index in [0.717, 1.165) is 18.2 Å². The highest BCUT2D eigenvalue weighted by molar-refractivity contribution is 7.92. The van der Waals surface area contributed by atoms with Gasteiger partial charge in [0, 0.05) is 17.6 Å². The van der Waals surface area contributed by atoms with Crippen molar-refractivity contribution in [3.8, 4) is 11.1 Å². The summed E-state index contributed by atoms with van der Waals surface area (Å²) in [5, 5.41) is 14.0. The Morgan fingerprint density at radius 3 is 2.41 bits per heavy atom. The van der Waals surface area contributed by atoms with Crippen LogP contribution in [0.25, 0.3) is 22.0 Å². The predicted octanol–water partition coefficient (Wildman–Crippen LogP) is 5.24. The number of anilines is 1. The van der Waals surface area contributed by atoms with Gasteiger partial charge in [-0.15, -0.1) is 0 Å². The SMILES string of the molecule is CCn1nc(C(=O)O)c2ccc(-c3cccc(NS(=O)(=O)c4cccc(C(F)(F)F)c4)c3)cc21. The lowest BCUT2D eigenvalue weighted by Gasteiger charge is -2.12. The first-order valence-electron chi connectivity index (χ1n) is 10.0. The second-order valence-electron chi connectivity index (χ2n) is 7.41. The van der Waals surface area contributed by atoms with Gasteiger partial charge in [-0.1, -0.05) is 24.3 Å². The molecule has 3 aromatic carbocycles.